The first-order valence-corrected chi connectivity index (χ1v) is 8.81. The lowest BCUT2D eigenvalue weighted by atomic mass is 10.1. The summed E-state index contributed by atoms with van der Waals surface area (Å²) in [7, 11) is 0. The van der Waals surface area contributed by atoms with Gasteiger partial charge in [-0.25, -0.2) is 0 Å². The summed E-state index contributed by atoms with van der Waals surface area (Å²) in [6, 6.07) is 10.3. The van der Waals surface area contributed by atoms with Crippen LogP contribution in [0.5, 0.6) is 5.75 Å². The third-order valence-electron chi connectivity index (χ3n) is 3.43. The summed E-state index contributed by atoms with van der Waals surface area (Å²) in [5.74, 6) is -0.373. The number of rotatable bonds is 6. The van der Waals surface area contributed by atoms with E-state index in [0.29, 0.717) is 5.56 Å². The number of nitrogen functional groups attached to an aromatic ring is 1. The molecule has 0 saturated carbocycles. The smallest absolute Gasteiger partial charge is 0.406 e. The molecule has 27 heavy (non-hydrogen) atoms. The number of nitrogens with one attached hydrogen (secondary N) is 1. The summed E-state index contributed by atoms with van der Waals surface area (Å²) >= 11 is 1.55. The van der Waals surface area contributed by atoms with Crippen LogP contribution in [0, 0.1) is 11.3 Å². The van der Waals surface area contributed by atoms with Gasteiger partial charge in [0.25, 0.3) is 5.91 Å². The highest BCUT2D eigenvalue weighted by Gasteiger charge is 2.31. The van der Waals surface area contributed by atoms with Gasteiger partial charge in [0.2, 0.25) is 0 Å². The van der Waals surface area contributed by atoms with Crippen molar-refractivity contribution in [2.24, 2.45) is 0 Å². The number of ether oxygens (including phenoxy) is 1. The van der Waals surface area contributed by atoms with Crippen molar-refractivity contribution in [3.05, 3.63) is 53.1 Å². The fraction of sp³-hybridized carbons (Fsp3) is 0.222. The molecule has 0 unspecified atom stereocenters. The van der Waals surface area contributed by atoms with Gasteiger partial charge in [0.15, 0.2) is 0 Å². The molecule has 9 heteroatoms. The Bertz CT molecular complexity index is 879. The van der Waals surface area contributed by atoms with Crippen LogP contribution in [0.2, 0.25) is 0 Å². The van der Waals surface area contributed by atoms with Crippen LogP contribution >= 0.6 is 11.8 Å². The number of hydrogen-bond donors (Lipinski definition) is 2. The highest BCUT2D eigenvalue weighted by atomic mass is 32.2. The molecule has 5 nitrogen and oxygen atoms in total. The van der Waals surface area contributed by atoms with E-state index in [-0.39, 0.29) is 17.8 Å². The van der Waals surface area contributed by atoms with Gasteiger partial charge < -0.3 is 15.8 Å². The summed E-state index contributed by atoms with van der Waals surface area (Å²) < 4.78 is 40.9. The van der Waals surface area contributed by atoms with Crippen LogP contribution in [0.4, 0.5) is 18.9 Å². The van der Waals surface area contributed by atoms with Crippen molar-refractivity contribution < 1.29 is 22.7 Å². The maximum atomic E-state index is 12.4. The van der Waals surface area contributed by atoms with Gasteiger partial charge in [-0.1, -0.05) is 6.92 Å². The fourth-order valence-electron chi connectivity index (χ4n) is 2.28. The van der Waals surface area contributed by atoms with Crippen LogP contribution in [0.3, 0.4) is 0 Å². The summed E-state index contributed by atoms with van der Waals surface area (Å²) in [5, 5.41) is 11.6. The van der Waals surface area contributed by atoms with Crippen molar-refractivity contribution in [2.75, 3.05) is 11.5 Å². The van der Waals surface area contributed by atoms with Crippen LogP contribution in [0.1, 0.15) is 28.4 Å². The van der Waals surface area contributed by atoms with E-state index in [1.165, 1.54) is 6.07 Å². The fourth-order valence-corrected chi connectivity index (χ4v) is 3.08. The van der Waals surface area contributed by atoms with E-state index in [4.69, 9.17) is 11.0 Å². The minimum atomic E-state index is -4.87. The van der Waals surface area contributed by atoms with E-state index >= 15 is 0 Å². The second-order valence-corrected chi connectivity index (χ2v) is 6.65. The average molecular weight is 395 g/mol. The Balaban J connectivity index is 2.19. The van der Waals surface area contributed by atoms with E-state index in [1.54, 1.807) is 30.0 Å². The Kier molecular flexibility index (Phi) is 6.58. The highest BCUT2D eigenvalue weighted by molar-refractivity contribution is 7.99. The third-order valence-corrected chi connectivity index (χ3v) is 4.43. The molecule has 0 aromatic heterocycles. The zero-order chi connectivity index (χ0) is 20.0. The Morgan fingerprint density at radius 2 is 2.04 bits per heavy atom. The number of benzene rings is 2. The number of nitrogens with two attached hydrogens (primary N) is 1. The lowest BCUT2D eigenvalue weighted by molar-refractivity contribution is -0.274. The van der Waals surface area contributed by atoms with Crippen molar-refractivity contribution in [2.45, 2.75) is 24.7 Å². The summed E-state index contributed by atoms with van der Waals surface area (Å²) in [6.45, 7) is 2.07. The second-order valence-electron chi connectivity index (χ2n) is 5.35. The molecule has 1 amide bonds. The van der Waals surface area contributed by atoms with Crippen LogP contribution in [-0.4, -0.2) is 18.0 Å². The van der Waals surface area contributed by atoms with E-state index in [9.17, 15) is 18.0 Å². The quantitative estimate of drug-likeness (QED) is 0.568. The molecule has 0 aliphatic carbocycles. The summed E-state index contributed by atoms with van der Waals surface area (Å²) in [5.41, 5.74) is 6.77. The van der Waals surface area contributed by atoms with Crippen LogP contribution < -0.4 is 15.8 Å². The normalized spacial score (nSPS) is 10.9. The minimum Gasteiger partial charge on any atom is -0.406 e. The number of nitriles is 1. The Morgan fingerprint density at radius 1 is 1.30 bits per heavy atom. The molecule has 2 rings (SSSR count). The van der Waals surface area contributed by atoms with Gasteiger partial charge >= 0.3 is 6.36 Å². The number of nitrogens with zero attached hydrogens (tertiary/aromatic N) is 1. The molecule has 0 spiro atoms. The van der Waals surface area contributed by atoms with Crippen molar-refractivity contribution in [1.82, 2.24) is 5.32 Å². The first kappa shape index (κ1) is 20.5. The van der Waals surface area contributed by atoms with Crippen molar-refractivity contribution >= 4 is 23.4 Å². The predicted molar refractivity (Wildman–Crippen MR) is 96.3 cm³/mol. The van der Waals surface area contributed by atoms with E-state index in [1.807, 2.05) is 13.0 Å². The molecule has 0 fully saturated rings. The van der Waals surface area contributed by atoms with Gasteiger partial charge in [-0.15, -0.1) is 24.9 Å². The van der Waals surface area contributed by atoms with E-state index < -0.39 is 18.0 Å². The molecule has 0 bridgehead atoms. The minimum absolute atomic E-state index is 0.0240. The third kappa shape index (κ3) is 5.82. The predicted octanol–water partition coefficient (Wildman–Crippen LogP) is 4.08. The second kappa shape index (κ2) is 8.68. The zero-order valence-electron chi connectivity index (χ0n) is 14.3. The molecule has 0 atom stereocenters. The maximum Gasteiger partial charge on any atom is 0.573 e. The van der Waals surface area contributed by atoms with E-state index in [0.717, 1.165) is 28.3 Å². The zero-order valence-corrected chi connectivity index (χ0v) is 15.1. The maximum absolute atomic E-state index is 12.4. The topological polar surface area (TPSA) is 88.1 Å². The number of carbonyl (C=O) groups is 1. The number of anilines is 1. The van der Waals surface area contributed by atoms with Gasteiger partial charge in [-0.2, -0.15) is 5.26 Å². The molecule has 2 aromatic rings. The van der Waals surface area contributed by atoms with Gasteiger partial charge in [0.1, 0.15) is 5.75 Å². The van der Waals surface area contributed by atoms with Crippen molar-refractivity contribution in [3.8, 4) is 11.8 Å². The first-order valence-electron chi connectivity index (χ1n) is 7.82. The van der Waals surface area contributed by atoms with Crippen LogP contribution in [0.15, 0.2) is 41.3 Å². The number of alkyl halides is 3. The van der Waals surface area contributed by atoms with Gasteiger partial charge in [0, 0.05) is 17.1 Å². The van der Waals surface area contributed by atoms with Crippen LogP contribution in [0.25, 0.3) is 0 Å². The largest absolute Gasteiger partial charge is 0.573 e. The Labute approximate surface area is 158 Å². The van der Waals surface area contributed by atoms with Gasteiger partial charge in [-0.05, 0) is 47.7 Å². The van der Waals surface area contributed by atoms with Gasteiger partial charge in [0.05, 0.1) is 17.2 Å². The SMILES string of the molecule is CCSc1ccc(C#N)cc1CNC(=O)c1cc(OC(F)(F)F)ccc1N. The molecular formula is C18H16F3N3O2S. The average Bonchev–Trinajstić information content (AvgIpc) is 2.61. The number of halogens is 3. The lowest BCUT2D eigenvalue weighted by Gasteiger charge is -2.13. The first-order chi connectivity index (χ1) is 12.7. The molecule has 2 aromatic carbocycles. The van der Waals surface area contributed by atoms with Crippen LogP contribution in [-0.2, 0) is 6.54 Å². The Morgan fingerprint density at radius 3 is 2.67 bits per heavy atom. The molecule has 0 heterocycles. The molecule has 0 saturated heterocycles. The number of amides is 1. The molecule has 0 aliphatic heterocycles. The summed E-state index contributed by atoms with van der Waals surface area (Å²) in [6.07, 6.45) is -4.87. The number of thioether (sulfide) groups is 1. The van der Waals surface area contributed by atoms with Crippen molar-refractivity contribution in [3.63, 3.8) is 0 Å². The number of carbonyl (C=O) groups excluding carboxylic acids is 1. The molecule has 0 aliphatic rings. The Hall–Kier alpha value is -2.86. The summed E-state index contributed by atoms with van der Waals surface area (Å²) in [4.78, 5) is 13.3. The number of hydrogen-bond acceptors (Lipinski definition) is 5. The monoisotopic (exact) mass is 395 g/mol. The standard InChI is InChI=1S/C18H16F3N3O2S/c1-2-27-16-6-3-11(9-22)7-12(16)10-24-17(25)14-8-13(4-5-15(14)23)26-18(19,20)21/h3-8H,2,10,23H2,1H3,(H,24,25). The van der Waals surface area contributed by atoms with Crippen molar-refractivity contribution in [1.29, 1.82) is 5.26 Å². The molecule has 142 valence electrons. The van der Waals surface area contributed by atoms with Gasteiger partial charge in [-0.3, -0.25) is 4.79 Å². The molecule has 0 radical (unpaired) electrons. The molecule has 3 N–H and O–H groups in total. The highest BCUT2D eigenvalue weighted by Crippen LogP contribution is 2.27. The lowest BCUT2D eigenvalue weighted by Crippen LogP contribution is -2.24. The van der Waals surface area contributed by atoms with E-state index in [2.05, 4.69) is 10.1 Å². The molecular weight excluding hydrogens is 379 g/mol.